The molecule has 1 saturated heterocycles. The Balaban J connectivity index is 2.62. The quantitative estimate of drug-likeness (QED) is 0.607. The van der Waals surface area contributed by atoms with Gasteiger partial charge in [-0.05, 0) is 20.3 Å². The van der Waals surface area contributed by atoms with Crippen molar-refractivity contribution in [1.29, 1.82) is 0 Å². The molecule has 2 unspecified atom stereocenters. The molecule has 0 aromatic heterocycles. The first-order valence-corrected chi connectivity index (χ1v) is 6.26. The number of rotatable bonds is 4. The van der Waals surface area contributed by atoms with Crippen LogP contribution in [0.25, 0.3) is 0 Å². The van der Waals surface area contributed by atoms with Gasteiger partial charge in [0.1, 0.15) is 6.10 Å². The summed E-state index contributed by atoms with van der Waals surface area (Å²) in [5.74, 6) is -1.40. The molecule has 3 N–H and O–H groups in total. The average Bonchev–Trinajstić information content (AvgIpc) is 2.28. The van der Waals surface area contributed by atoms with E-state index < -0.39 is 36.5 Å². The van der Waals surface area contributed by atoms with Gasteiger partial charge in [0.2, 0.25) is 0 Å². The molecule has 1 heterocycles. The lowest BCUT2D eigenvalue weighted by atomic mass is 9.87. The minimum absolute atomic E-state index is 0.187. The number of esters is 1. The van der Waals surface area contributed by atoms with Crippen LogP contribution in [-0.4, -0.2) is 52.0 Å². The molecule has 5 atom stereocenters. The fraction of sp³-hybridized carbons (Fsp3) is 0.917. The van der Waals surface area contributed by atoms with Crippen molar-refractivity contribution in [2.75, 3.05) is 0 Å². The van der Waals surface area contributed by atoms with Crippen LogP contribution in [0.15, 0.2) is 0 Å². The van der Waals surface area contributed by atoms with Crippen LogP contribution >= 0.6 is 0 Å². The number of ether oxygens (including phenoxy) is 2. The van der Waals surface area contributed by atoms with E-state index >= 15 is 0 Å². The molecule has 6 nitrogen and oxygen atoms in total. The van der Waals surface area contributed by atoms with Gasteiger partial charge in [-0.15, -0.1) is 0 Å². The van der Waals surface area contributed by atoms with E-state index in [-0.39, 0.29) is 12.5 Å². The minimum Gasteiger partial charge on any atom is -0.463 e. The van der Waals surface area contributed by atoms with Crippen molar-refractivity contribution in [3.8, 4) is 0 Å². The smallest absolute Gasteiger partial charge is 0.306 e. The molecule has 1 aliphatic rings. The molecule has 6 heteroatoms. The summed E-state index contributed by atoms with van der Waals surface area (Å²) >= 11 is 0. The van der Waals surface area contributed by atoms with Crippen LogP contribution in [0.3, 0.4) is 0 Å². The zero-order chi connectivity index (χ0) is 13.9. The van der Waals surface area contributed by atoms with Gasteiger partial charge in [0.25, 0.3) is 0 Å². The van der Waals surface area contributed by atoms with Gasteiger partial charge in [-0.1, -0.05) is 6.92 Å². The summed E-state index contributed by atoms with van der Waals surface area (Å²) in [7, 11) is 0. The Labute approximate surface area is 107 Å². The van der Waals surface area contributed by atoms with Gasteiger partial charge in [-0.2, -0.15) is 0 Å². The highest BCUT2D eigenvalue weighted by Crippen LogP contribution is 2.29. The fourth-order valence-corrected chi connectivity index (χ4v) is 2.07. The lowest BCUT2D eigenvalue weighted by Crippen LogP contribution is -2.54. The van der Waals surface area contributed by atoms with E-state index in [1.807, 2.05) is 0 Å². The molecular weight excluding hydrogens is 240 g/mol. The Morgan fingerprint density at radius 3 is 2.39 bits per heavy atom. The molecule has 0 saturated carbocycles. The summed E-state index contributed by atoms with van der Waals surface area (Å²) < 4.78 is 10.1. The minimum atomic E-state index is -1.27. The standard InChI is InChI=1S/C12H22O6/c1-4-8-11(15)10(14)7(12(16)18-8)5-9(13)17-6(2)3/h6-8,10-12,14-16H,4-5H2,1-3H3/t7?,8-,10-,11-,12?/m1/s1. The van der Waals surface area contributed by atoms with Crippen molar-refractivity contribution in [2.24, 2.45) is 5.92 Å². The third kappa shape index (κ3) is 3.65. The molecular formula is C12H22O6. The highest BCUT2D eigenvalue weighted by atomic mass is 16.6. The molecule has 106 valence electrons. The molecule has 0 aliphatic carbocycles. The maximum absolute atomic E-state index is 11.5. The van der Waals surface area contributed by atoms with Crippen LogP contribution in [0.1, 0.15) is 33.6 Å². The molecule has 0 aromatic rings. The van der Waals surface area contributed by atoms with E-state index in [1.165, 1.54) is 0 Å². The molecule has 0 amide bonds. The maximum atomic E-state index is 11.5. The van der Waals surface area contributed by atoms with Gasteiger partial charge >= 0.3 is 5.97 Å². The van der Waals surface area contributed by atoms with E-state index in [2.05, 4.69) is 0 Å². The van der Waals surface area contributed by atoms with Crippen LogP contribution in [0, 0.1) is 5.92 Å². The van der Waals surface area contributed by atoms with Crippen molar-refractivity contribution in [3.05, 3.63) is 0 Å². The van der Waals surface area contributed by atoms with Crippen molar-refractivity contribution >= 4 is 5.97 Å². The van der Waals surface area contributed by atoms with Crippen LogP contribution in [0.4, 0.5) is 0 Å². The predicted octanol–water partition coefficient (Wildman–Crippen LogP) is -0.207. The number of carbonyl (C=O) groups excluding carboxylic acids is 1. The van der Waals surface area contributed by atoms with Crippen molar-refractivity contribution < 1.29 is 29.6 Å². The Hall–Kier alpha value is -0.690. The lowest BCUT2D eigenvalue weighted by Gasteiger charge is -2.40. The van der Waals surface area contributed by atoms with Gasteiger partial charge < -0.3 is 24.8 Å². The van der Waals surface area contributed by atoms with Crippen LogP contribution in [0.2, 0.25) is 0 Å². The van der Waals surface area contributed by atoms with E-state index in [1.54, 1.807) is 20.8 Å². The lowest BCUT2D eigenvalue weighted by molar-refractivity contribution is -0.265. The molecule has 1 fully saturated rings. The number of carbonyl (C=O) groups is 1. The van der Waals surface area contributed by atoms with Gasteiger partial charge in [-0.3, -0.25) is 4.79 Å². The second-order valence-electron chi connectivity index (χ2n) is 4.86. The first-order chi connectivity index (χ1) is 8.36. The summed E-state index contributed by atoms with van der Waals surface area (Å²) in [5.41, 5.74) is 0. The first kappa shape index (κ1) is 15.4. The number of hydrogen-bond donors (Lipinski definition) is 3. The van der Waals surface area contributed by atoms with E-state index in [0.29, 0.717) is 6.42 Å². The van der Waals surface area contributed by atoms with E-state index in [4.69, 9.17) is 9.47 Å². The van der Waals surface area contributed by atoms with Gasteiger partial charge in [0.15, 0.2) is 6.29 Å². The highest BCUT2D eigenvalue weighted by Gasteiger charge is 2.44. The van der Waals surface area contributed by atoms with Crippen LogP contribution in [-0.2, 0) is 14.3 Å². The zero-order valence-electron chi connectivity index (χ0n) is 10.9. The Kier molecular flexibility index (Phi) is 5.52. The van der Waals surface area contributed by atoms with E-state index in [0.717, 1.165) is 0 Å². The summed E-state index contributed by atoms with van der Waals surface area (Å²) in [6.07, 6.45) is -4.16. The van der Waals surface area contributed by atoms with Crippen LogP contribution < -0.4 is 0 Å². The number of aliphatic hydroxyl groups excluding tert-OH is 3. The van der Waals surface area contributed by atoms with Gasteiger partial charge in [0, 0.05) is 5.92 Å². The first-order valence-electron chi connectivity index (χ1n) is 6.26. The Bertz CT molecular complexity index is 280. The molecule has 0 aromatic carbocycles. The maximum Gasteiger partial charge on any atom is 0.306 e. The monoisotopic (exact) mass is 262 g/mol. The average molecular weight is 262 g/mol. The number of hydrogen-bond acceptors (Lipinski definition) is 6. The topological polar surface area (TPSA) is 96.2 Å². The fourth-order valence-electron chi connectivity index (χ4n) is 2.07. The summed E-state index contributed by atoms with van der Waals surface area (Å²) in [5, 5.41) is 29.4. The third-order valence-corrected chi connectivity index (χ3v) is 3.02. The molecule has 0 radical (unpaired) electrons. The molecule has 1 rings (SSSR count). The number of aliphatic hydroxyl groups is 3. The van der Waals surface area contributed by atoms with Gasteiger partial charge in [-0.25, -0.2) is 0 Å². The SMILES string of the molecule is CC[C@H]1OC(O)C(CC(=O)OC(C)C)[C@@H](O)[C@@H]1O. The summed E-state index contributed by atoms with van der Waals surface area (Å²) in [4.78, 5) is 11.5. The normalized spacial score (nSPS) is 36.7. The molecule has 1 aliphatic heterocycles. The van der Waals surface area contributed by atoms with Gasteiger partial charge in [0.05, 0.1) is 24.7 Å². The largest absolute Gasteiger partial charge is 0.463 e. The molecule has 0 bridgehead atoms. The second kappa shape index (κ2) is 6.47. The van der Waals surface area contributed by atoms with Crippen molar-refractivity contribution in [3.63, 3.8) is 0 Å². The third-order valence-electron chi connectivity index (χ3n) is 3.02. The highest BCUT2D eigenvalue weighted by molar-refractivity contribution is 5.70. The van der Waals surface area contributed by atoms with Crippen molar-refractivity contribution in [2.45, 2.75) is 64.3 Å². The Morgan fingerprint density at radius 1 is 1.28 bits per heavy atom. The summed E-state index contributed by atoms with van der Waals surface area (Å²) in [6.45, 7) is 5.20. The van der Waals surface area contributed by atoms with E-state index in [9.17, 15) is 20.1 Å². The molecule has 18 heavy (non-hydrogen) atoms. The molecule has 0 spiro atoms. The van der Waals surface area contributed by atoms with Crippen LogP contribution in [0.5, 0.6) is 0 Å². The second-order valence-corrected chi connectivity index (χ2v) is 4.86. The Morgan fingerprint density at radius 2 is 1.89 bits per heavy atom. The zero-order valence-corrected chi connectivity index (χ0v) is 10.9. The van der Waals surface area contributed by atoms with Crippen molar-refractivity contribution in [1.82, 2.24) is 0 Å². The summed E-state index contributed by atoms with van der Waals surface area (Å²) in [6, 6.07) is 0. The predicted molar refractivity (Wildman–Crippen MR) is 62.5 cm³/mol.